The summed E-state index contributed by atoms with van der Waals surface area (Å²) in [5.74, 6) is 0.00875. The van der Waals surface area contributed by atoms with Crippen molar-refractivity contribution in [2.24, 2.45) is 0 Å². The number of amides is 1. The van der Waals surface area contributed by atoms with Gasteiger partial charge in [-0.05, 0) is 39.1 Å². The maximum Gasteiger partial charge on any atom is 0.238 e. The Labute approximate surface area is 103 Å². The molecule has 0 atom stereocenters. The van der Waals surface area contributed by atoms with Crippen molar-refractivity contribution in [1.82, 2.24) is 4.90 Å². The molecule has 0 heterocycles. The number of carbonyl (C=O) groups is 1. The van der Waals surface area contributed by atoms with Gasteiger partial charge in [0.1, 0.15) is 0 Å². The van der Waals surface area contributed by atoms with Crippen LogP contribution in [0, 0.1) is 0 Å². The lowest BCUT2D eigenvalue weighted by atomic mass is 10.2. The Morgan fingerprint density at radius 2 is 2.00 bits per heavy atom. The zero-order chi connectivity index (χ0) is 12.8. The van der Waals surface area contributed by atoms with E-state index in [1.54, 1.807) is 0 Å². The molecular weight excluding hydrogens is 214 g/mol. The summed E-state index contributed by atoms with van der Waals surface area (Å²) >= 11 is 0. The first-order chi connectivity index (χ1) is 8.02. The minimum Gasteiger partial charge on any atom is -0.388 e. The molecule has 1 amide bonds. The summed E-state index contributed by atoms with van der Waals surface area (Å²) in [7, 11) is 3.79. The molecule has 0 unspecified atom stereocenters. The molecule has 0 aliphatic carbocycles. The topological polar surface area (TPSA) is 44.4 Å². The number of benzene rings is 1. The van der Waals surface area contributed by atoms with Gasteiger partial charge in [0.05, 0.1) is 6.54 Å². The first-order valence-corrected chi connectivity index (χ1v) is 5.81. The molecule has 0 aromatic heterocycles. The van der Waals surface area contributed by atoms with E-state index in [2.05, 4.69) is 24.5 Å². The second-order valence-corrected chi connectivity index (χ2v) is 4.39. The van der Waals surface area contributed by atoms with E-state index >= 15 is 0 Å². The van der Waals surface area contributed by atoms with E-state index < -0.39 is 0 Å². The van der Waals surface area contributed by atoms with Crippen molar-refractivity contribution in [2.45, 2.75) is 19.9 Å². The molecule has 2 N–H and O–H groups in total. The average Bonchev–Trinajstić information content (AvgIpc) is 2.28. The average molecular weight is 235 g/mol. The Kier molecular flexibility index (Phi) is 4.97. The molecule has 4 heteroatoms. The third kappa shape index (κ3) is 4.44. The number of carbonyl (C=O) groups excluding carboxylic acids is 1. The first kappa shape index (κ1) is 13.5. The van der Waals surface area contributed by atoms with Crippen LogP contribution >= 0.6 is 0 Å². The van der Waals surface area contributed by atoms with E-state index in [9.17, 15) is 4.79 Å². The highest BCUT2D eigenvalue weighted by atomic mass is 16.2. The van der Waals surface area contributed by atoms with Crippen molar-refractivity contribution in [2.75, 3.05) is 31.3 Å². The highest BCUT2D eigenvalue weighted by Gasteiger charge is 2.09. The second kappa shape index (κ2) is 6.25. The summed E-state index contributed by atoms with van der Waals surface area (Å²) < 4.78 is 0. The van der Waals surface area contributed by atoms with Crippen LogP contribution < -0.4 is 10.6 Å². The maximum atomic E-state index is 11.8. The predicted molar refractivity (Wildman–Crippen MR) is 72.4 cm³/mol. The number of hydrogen-bond donors (Lipinski definition) is 2. The van der Waals surface area contributed by atoms with Crippen LogP contribution in [0.25, 0.3) is 0 Å². The van der Waals surface area contributed by atoms with Crippen molar-refractivity contribution in [3.63, 3.8) is 0 Å². The van der Waals surface area contributed by atoms with Crippen LogP contribution in [0.3, 0.4) is 0 Å². The molecule has 17 heavy (non-hydrogen) atoms. The SMILES string of the molecule is CNc1cccc(NC(=O)CN(C)C(C)C)c1. The molecule has 1 aromatic rings. The van der Waals surface area contributed by atoms with Crippen LogP contribution in [0.5, 0.6) is 0 Å². The van der Waals surface area contributed by atoms with E-state index in [0.717, 1.165) is 11.4 Å². The van der Waals surface area contributed by atoms with E-state index in [-0.39, 0.29) is 5.91 Å². The molecule has 4 nitrogen and oxygen atoms in total. The van der Waals surface area contributed by atoms with Gasteiger partial charge in [-0.3, -0.25) is 9.69 Å². The third-order valence-corrected chi connectivity index (χ3v) is 2.71. The summed E-state index contributed by atoms with van der Waals surface area (Å²) in [4.78, 5) is 13.8. The fourth-order valence-corrected chi connectivity index (χ4v) is 1.36. The normalized spacial score (nSPS) is 10.7. The van der Waals surface area contributed by atoms with Crippen LogP contribution in [0.15, 0.2) is 24.3 Å². The third-order valence-electron chi connectivity index (χ3n) is 2.71. The van der Waals surface area contributed by atoms with Gasteiger partial charge in [0.2, 0.25) is 5.91 Å². The maximum absolute atomic E-state index is 11.8. The number of rotatable bonds is 5. The fraction of sp³-hybridized carbons (Fsp3) is 0.462. The molecular formula is C13H21N3O. The molecule has 0 saturated carbocycles. The van der Waals surface area contributed by atoms with Crippen LogP contribution in [0.4, 0.5) is 11.4 Å². The van der Waals surface area contributed by atoms with Crippen molar-refractivity contribution < 1.29 is 4.79 Å². The van der Waals surface area contributed by atoms with Gasteiger partial charge < -0.3 is 10.6 Å². The molecule has 0 aliphatic heterocycles. The van der Waals surface area contributed by atoms with Gasteiger partial charge >= 0.3 is 0 Å². The summed E-state index contributed by atoms with van der Waals surface area (Å²) in [6.45, 7) is 4.53. The van der Waals surface area contributed by atoms with Crippen molar-refractivity contribution in [3.8, 4) is 0 Å². The van der Waals surface area contributed by atoms with Crippen molar-refractivity contribution in [3.05, 3.63) is 24.3 Å². The fourth-order valence-electron chi connectivity index (χ4n) is 1.36. The molecule has 0 fully saturated rings. The molecule has 0 saturated heterocycles. The van der Waals surface area contributed by atoms with Crippen molar-refractivity contribution >= 4 is 17.3 Å². The van der Waals surface area contributed by atoms with E-state index in [0.29, 0.717) is 12.6 Å². The lowest BCUT2D eigenvalue weighted by Gasteiger charge is -2.20. The number of likely N-dealkylation sites (N-methyl/N-ethyl adjacent to an activating group) is 1. The minimum absolute atomic E-state index is 0.00875. The van der Waals surface area contributed by atoms with Gasteiger partial charge in [0.15, 0.2) is 0 Å². The van der Waals surface area contributed by atoms with Gasteiger partial charge in [0.25, 0.3) is 0 Å². The van der Waals surface area contributed by atoms with E-state index in [4.69, 9.17) is 0 Å². The van der Waals surface area contributed by atoms with Gasteiger partial charge in [-0.25, -0.2) is 0 Å². The highest BCUT2D eigenvalue weighted by molar-refractivity contribution is 5.92. The van der Waals surface area contributed by atoms with Crippen LogP contribution in [-0.4, -0.2) is 37.5 Å². The molecule has 0 radical (unpaired) electrons. The summed E-state index contributed by atoms with van der Waals surface area (Å²) in [5.41, 5.74) is 1.80. The molecule has 1 aromatic carbocycles. The molecule has 94 valence electrons. The van der Waals surface area contributed by atoms with E-state index in [1.807, 2.05) is 43.3 Å². The molecule has 0 spiro atoms. The first-order valence-electron chi connectivity index (χ1n) is 5.81. The molecule has 1 rings (SSSR count). The Bertz CT molecular complexity index is 377. The summed E-state index contributed by atoms with van der Waals surface area (Å²) in [5, 5.41) is 5.92. The van der Waals surface area contributed by atoms with Gasteiger partial charge in [-0.1, -0.05) is 6.07 Å². The lowest BCUT2D eigenvalue weighted by molar-refractivity contribution is -0.117. The summed E-state index contributed by atoms with van der Waals surface area (Å²) in [6, 6.07) is 8.02. The monoisotopic (exact) mass is 235 g/mol. The van der Waals surface area contributed by atoms with Gasteiger partial charge in [0, 0.05) is 24.5 Å². The molecule has 0 aliphatic rings. The van der Waals surface area contributed by atoms with E-state index in [1.165, 1.54) is 0 Å². The number of nitrogens with one attached hydrogen (secondary N) is 2. The van der Waals surface area contributed by atoms with Gasteiger partial charge in [-0.15, -0.1) is 0 Å². The zero-order valence-electron chi connectivity index (χ0n) is 10.9. The predicted octanol–water partition coefficient (Wildman–Crippen LogP) is 2.01. The molecule has 0 bridgehead atoms. The summed E-state index contributed by atoms with van der Waals surface area (Å²) in [6.07, 6.45) is 0. The lowest BCUT2D eigenvalue weighted by Crippen LogP contribution is -2.34. The zero-order valence-corrected chi connectivity index (χ0v) is 10.9. The van der Waals surface area contributed by atoms with Crippen LogP contribution in [-0.2, 0) is 4.79 Å². The van der Waals surface area contributed by atoms with Gasteiger partial charge in [-0.2, -0.15) is 0 Å². The Balaban J connectivity index is 2.55. The van der Waals surface area contributed by atoms with Crippen LogP contribution in [0.2, 0.25) is 0 Å². The Morgan fingerprint density at radius 3 is 2.59 bits per heavy atom. The minimum atomic E-state index is 0.00875. The number of hydrogen-bond acceptors (Lipinski definition) is 3. The Morgan fingerprint density at radius 1 is 1.35 bits per heavy atom. The largest absolute Gasteiger partial charge is 0.388 e. The standard InChI is InChI=1S/C13H21N3O/c1-10(2)16(4)9-13(17)15-12-7-5-6-11(8-12)14-3/h5-8,10,14H,9H2,1-4H3,(H,15,17). The Hall–Kier alpha value is -1.55. The number of anilines is 2. The van der Waals surface area contributed by atoms with Crippen LogP contribution in [0.1, 0.15) is 13.8 Å². The number of nitrogens with zero attached hydrogens (tertiary/aromatic N) is 1. The second-order valence-electron chi connectivity index (χ2n) is 4.39. The highest BCUT2D eigenvalue weighted by Crippen LogP contribution is 2.14. The van der Waals surface area contributed by atoms with Crippen molar-refractivity contribution in [1.29, 1.82) is 0 Å². The smallest absolute Gasteiger partial charge is 0.238 e. The quantitative estimate of drug-likeness (QED) is 0.820.